The van der Waals surface area contributed by atoms with Gasteiger partial charge in [-0.25, -0.2) is 0 Å². The fourth-order valence-corrected chi connectivity index (χ4v) is 3.87. The summed E-state index contributed by atoms with van der Waals surface area (Å²) in [5, 5.41) is 8.53. The van der Waals surface area contributed by atoms with Crippen LogP contribution < -0.4 is 0 Å². The summed E-state index contributed by atoms with van der Waals surface area (Å²) in [7, 11) is 0. The predicted molar refractivity (Wildman–Crippen MR) is 90.9 cm³/mol. The summed E-state index contributed by atoms with van der Waals surface area (Å²) in [5.74, 6) is 2.37. The number of nitriles is 1. The molecular weight excluding hydrogens is 294 g/mol. The van der Waals surface area contributed by atoms with E-state index in [0.29, 0.717) is 6.42 Å². The molecule has 0 aliphatic carbocycles. The van der Waals surface area contributed by atoms with Crippen LogP contribution in [0.3, 0.4) is 0 Å². The Bertz CT molecular complexity index is 296. The fraction of sp³-hybridized carbons (Fsp3) is 0.846. The zero-order valence-electron chi connectivity index (χ0n) is 11.6. The van der Waals surface area contributed by atoms with E-state index in [9.17, 15) is 0 Å². The number of rotatable bonds is 7. The maximum Gasteiger partial charge on any atom is 0.136 e. The summed E-state index contributed by atoms with van der Waals surface area (Å²) in [6.45, 7) is 5.30. The van der Waals surface area contributed by atoms with Gasteiger partial charge in [0.1, 0.15) is 4.32 Å². The van der Waals surface area contributed by atoms with Crippen LogP contribution in [0.2, 0.25) is 0 Å². The normalized spacial score (nSPS) is 16.3. The lowest BCUT2D eigenvalue weighted by Crippen LogP contribution is -2.47. The largest absolute Gasteiger partial charge is 0.355 e. The second-order valence-corrected chi connectivity index (χ2v) is 7.27. The molecule has 0 N–H and O–H groups in total. The molecule has 0 bridgehead atoms. The highest BCUT2D eigenvalue weighted by Gasteiger charge is 2.18. The molecule has 0 aromatic carbocycles. The predicted octanol–water partition coefficient (Wildman–Crippen LogP) is 2.68. The Hall–Kier alpha value is 0.0400. The molecule has 19 heavy (non-hydrogen) atoms. The quantitative estimate of drug-likeness (QED) is 0.530. The molecule has 0 amide bonds. The molecule has 3 nitrogen and oxygen atoms in total. The second kappa shape index (κ2) is 10.8. The van der Waals surface area contributed by atoms with Gasteiger partial charge in [-0.2, -0.15) is 17.0 Å². The van der Waals surface area contributed by atoms with E-state index in [-0.39, 0.29) is 0 Å². The number of unbranched alkanes of at least 4 members (excludes halogenated alkanes) is 1. The first-order valence-electron chi connectivity index (χ1n) is 6.78. The Morgan fingerprint density at radius 3 is 2.58 bits per heavy atom. The van der Waals surface area contributed by atoms with Gasteiger partial charge in [-0.15, -0.1) is 0 Å². The van der Waals surface area contributed by atoms with Crippen LogP contribution in [0.25, 0.3) is 0 Å². The van der Waals surface area contributed by atoms with E-state index in [4.69, 9.17) is 17.5 Å². The van der Waals surface area contributed by atoms with Gasteiger partial charge in [-0.1, -0.05) is 24.0 Å². The fourth-order valence-electron chi connectivity index (χ4n) is 1.99. The van der Waals surface area contributed by atoms with Crippen LogP contribution in [0.5, 0.6) is 0 Å². The van der Waals surface area contributed by atoms with Gasteiger partial charge in [-0.3, -0.25) is 4.90 Å². The first kappa shape index (κ1) is 17.1. The summed E-state index contributed by atoms with van der Waals surface area (Å²) in [6.07, 6.45) is 5.04. The molecule has 0 atom stereocenters. The van der Waals surface area contributed by atoms with Crippen molar-refractivity contribution in [1.82, 2.24) is 9.80 Å². The maximum atomic E-state index is 8.53. The van der Waals surface area contributed by atoms with Crippen LogP contribution in [-0.4, -0.2) is 64.6 Å². The lowest BCUT2D eigenvalue weighted by Gasteiger charge is -2.35. The lowest BCUT2D eigenvalue weighted by atomic mass is 10.2. The molecule has 0 saturated carbocycles. The minimum Gasteiger partial charge on any atom is -0.355 e. The van der Waals surface area contributed by atoms with Crippen molar-refractivity contribution in [1.29, 1.82) is 5.26 Å². The highest BCUT2D eigenvalue weighted by atomic mass is 32.2. The molecule has 0 spiro atoms. The van der Waals surface area contributed by atoms with E-state index in [1.165, 1.54) is 12.2 Å². The number of piperazine rings is 1. The molecule has 0 radical (unpaired) electrons. The molecular formula is C13H23N3S3. The number of hydrogen-bond donors (Lipinski definition) is 0. The van der Waals surface area contributed by atoms with Crippen molar-refractivity contribution in [2.24, 2.45) is 0 Å². The molecule has 0 aromatic heterocycles. The van der Waals surface area contributed by atoms with Crippen LogP contribution in [0.1, 0.15) is 19.3 Å². The monoisotopic (exact) mass is 317 g/mol. The van der Waals surface area contributed by atoms with Crippen molar-refractivity contribution in [3.63, 3.8) is 0 Å². The van der Waals surface area contributed by atoms with Crippen molar-refractivity contribution in [3.05, 3.63) is 0 Å². The zero-order valence-corrected chi connectivity index (χ0v) is 14.1. The Kier molecular flexibility index (Phi) is 9.70. The van der Waals surface area contributed by atoms with Gasteiger partial charge >= 0.3 is 0 Å². The van der Waals surface area contributed by atoms with Gasteiger partial charge in [0.25, 0.3) is 0 Å². The number of thiocarbonyl (C=S) groups is 1. The molecule has 1 aliphatic rings. The molecule has 108 valence electrons. The van der Waals surface area contributed by atoms with Crippen LogP contribution in [0.15, 0.2) is 0 Å². The van der Waals surface area contributed by atoms with Gasteiger partial charge in [0, 0.05) is 38.4 Å². The van der Waals surface area contributed by atoms with Gasteiger partial charge in [0.15, 0.2) is 0 Å². The smallest absolute Gasteiger partial charge is 0.136 e. The van der Waals surface area contributed by atoms with Crippen molar-refractivity contribution in [2.75, 3.05) is 50.5 Å². The highest BCUT2D eigenvalue weighted by molar-refractivity contribution is 8.22. The molecule has 1 aliphatic heterocycles. The third kappa shape index (κ3) is 7.40. The summed E-state index contributed by atoms with van der Waals surface area (Å²) in [5.41, 5.74) is 0. The molecule has 1 saturated heterocycles. The van der Waals surface area contributed by atoms with Gasteiger partial charge in [0.05, 0.1) is 6.07 Å². The van der Waals surface area contributed by atoms with Crippen molar-refractivity contribution < 1.29 is 0 Å². The second-order valence-electron chi connectivity index (χ2n) is 4.55. The first-order chi connectivity index (χ1) is 9.27. The third-order valence-corrected chi connectivity index (χ3v) is 5.42. The molecule has 6 heteroatoms. The summed E-state index contributed by atoms with van der Waals surface area (Å²) in [4.78, 5) is 4.77. The average molecular weight is 318 g/mol. The Balaban J connectivity index is 2.11. The van der Waals surface area contributed by atoms with Crippen molar-refractivity contribution in [3.8, 4) is 6.07 Å². The molecule has 0 unspecified atom stereocenters. The SMILES string of the molecule is CSCCCSC(=S)N1CCN(CCCC#N)CC1. The van der Waals surface area contributed by atoms with Gasteiger partial charge < -0.3 is 4.90 Å². The van der Waals surface area contributed by atoms with E-state index in [2.05, 4.69) is 22.1 Å². The van der Waals surface area contributed by atoms with E-state index >= 15 is 0 Å². The van der Waals surface area contributed by atoms with E-state index in [0.717, 1.165) is 49.2 Å². The van der Waals surface area contributed by atoms with Crippen LogP contribution in [0.4, 0.5) is 0 Å². The van der Waals surface area contributed by atoms with E-state index in [1.54, 1.807) is 0 Å². The standard InChI is InChI=1S/C13H23N3S3/c1-18-11-4-12-19-13(17)16-9-7-15(8-10-16)6-3-2-5-14/h2-4,6-12H2,1H3. The van der Waals surface area contributed by atoms with E-state index < -0.39 is 0 Å². The van der Waals surface area contributed by atoms with Crippen molar-refractivity contribution in [2.45, 2.75) is 19.3 Å². The Morgan fingerprint density at radius 1 is 1.21 bits per heavy atom. The summed E-state index contributed by atoms with van der Waals surface area (Å²) in [6, 6.07) is 2.20. The maximum absolute atomic E-state index is 8.53. The topological polar surface area (TPSA) is 30.3 Å². The van der Waals surface area contributed by atoms with Gasteiger partial charge in [0.2, 0.25) is 0 Å². The van der Waals surface area contributed by atoms with Crippen LogP contribution in [0, 0.1) is 11.3 Å². The molecule has 0 aromatic rings. The minimum absolute atomic E-state index is 0.671. The lowest BCUT2D eigenvalue weighted by molar-refractivity contribution is 0.184. The summed E-state index contributed by atoms with van der Waals surface area (Å²) >= 11 is 9.22. The minimum atomic E-state index is 0.671. The number of hydrogen-bond acceptors (Lipinski definition) is 5. The third-order valence-electron chi connectivity index (χ3n) is 3.11. The van der Waals surface area contributed by atoms with Gasteiger partial charge in [-0.05, 0) is 31.4 Å². The number of nitrogens with zero attached hydrogens (tertiary/aromatic N) is 3. The summed E-state index contributed by atoms with van der Waals surface area (Å²) < 4.78 is 1.07. The Morgan fingerprint density at radius 2 is 1.95 bits per heavy atom. The average Bonchev–Trinajstić information content (AvgIpc) is 2.44. The zero-order chi connectivity index (χ0) is 13.9. The van der Waals surface area contributed by atoms with Crippen molar-refractivity contribution >= 4 is 40.1 Å². The van der Waals surface area contributed by atoms with E-state index in [1.807, 2.05) is 23.5 Å². The number of thioether (sulfide) groups is 2. The van der Waals surface area contributed by atoms with Crippen LogP contribution >= 0.6 is 35.7 Å². The Labute approximate surface area is 131 Å². The molecule has 1 fully saturated rings. The first-order valence-corrected chi connectivity index (χ1v) is 9.56. The van der Waals surface area contributed by atoms with Crippen LogP contribution in [-0.2, 0) is 0 Å². The highest BCUT2D eigenvalue weighted by Crippen LogP contribution is 2.14. The molecule has 1 rings (SSSR count). The molecule has 1 heterocycles.